The predicted molar refractivity (Wildman–Crippen MR) is 80.4 cm³/mol. The Hall–Kier alpha value is -1.56. The highest BCUT2D eigenvalue weighted by molar-refractivity contribution is 9.08. The SMILES string of the molecule is CN(Cc1ccncc1)c1ccc(CBr)cc1C(F)(F)F. The highest BCUT2D eigenvalue weighted by atomic mass is 79.9. The number of nitrogens with zero attached hydrogens (tertiary/aromatic N) is 2. The van der Waals surface area contributed by atoms with Gasteiger partial charge < -0.3 is 4.90 Å². The molecule has 0 bridgehead atoms. The summed E-state index contributed by atoms with van der Waals surface area (Å²) in [6.45, 7) is 0.388. The van der Waals surface area contributed by atoms with Gasteiger partial charge in [-0.2, -0.15) is 13.2 Å². The molecule has 2 rings (SSSR count). The molecule has 2 nitrogen and oxygen atoms in total. The fourth-order valence-electron chi connectivity index (χ4n) is 2.07. The largest absolute Gasteiger partial charge is 0.418 e. The smallest absolute Gasteiger partial charge is 0.370 e. The van der Waals surface area contributed by atoms with Crippen LogP contribution in [0.5, 0.6) is 0 Å². The Morgan fingerprint density at radius 2 is 1.76 bits per heavy atom. The van der Waals surface area contributed by atoms with Crippen LogP contribution < -0.4 is 4.90 Å². The Balaban J connectivity index is 2.34. The van der Waals surface area contributed by atoms with E-state index < -0.39 is 11.7 Å². The first-order valence-electron chi connectivity index (χ1n) is 6.28. The molecule has 6 heteroatoms. The van der Waals surface area contributed by atoms with Gasteiger partial charge in [-0.1, -0.05) is 22.0 Å². The van der Waals surface area contributed by atoms with E-state index in [-0.39, 0.29) is 5.69 Å². The highest BCUT2D eigenvalue weighted by Crippen LogP contribution is 2.37. The Morgan fingerprint density at radius 3 is 2.33 bits per heavy atom. The standard InChI is InChI=1S/C15H14BrF3N2/c1-21(10-11-4-6-20-7-5-11)14-3-2-12(9-16)8-13(14)15(17,18)19/h2-8H,9-10H2,1H3. The zero-order valence-corrected chi connectivity index (χ0v) is 12.9. The fraction of sp³-hybridized carbons (Fsp3) is 0.267. The first kappa shape index (κ1) is 15.8. The molecule has 21 heavy (non-hydrogen) atoms. The Labute approximate surface area is 129 Å². The van der Waals surface area contributed by atoms with Gasteiger partial charge in [0, 0.05) is 37.0 Å². The number of hydrogen-bond acceptors (Lipinski definition) is 2. The summed E-state index contributed by atoms with van der Waals surface area (Å²) < 4.78 is 39.6. The van der Waals surface area contributed by atoms with E-state index in [2.05, 4.69) is 20.9 Å². The van der Waals surface area contributed by atoms with Crippen molar-refractivity contribution in [3.05, 3.63) is 59.4 Å². The lowest BCUT2D eigenvalue weighted by molar-refractivity contribution is -0.137. The van der Waals surface area contributed by atoms with E-state index in [0.29, 0.717) is 17.4 Å². The van der Waals surface area contributed by atoms with Gasteiger partial charge >= 0.3 is 6.18 Å². The molecule has 0 saturated carbocycles. The van der Waals surface area contributed by atoms with Crippen molar-refractivity contribution in [2.75, 3.05) is 11.9 Å². The van der Waals surface area contributed by atoms with E-state index in [1.807, 2.05) is 0 Å². The van der Waals surface area contributed by atoms with Crippen LogP contribution in [0.2, 0.25) is 0 Å². The molecule has 0 aliphatic rings. The van der Waals surface area contributed by atoms with Gasteiger partial charge in [-0.05, 0) is 35.4 Å². The van der Waals surface area contributed by atoms with E-state index in [1.54, 1.807) is 42.5 Å². The third-order valence-electron chi connectivity index (χ3n) is 3.10. The summed E-state index contributed by atoms with van der Waals surface area (Å²) in [7, 11) is 1.65. The molecule has 0 amide bonds. The number of alkyl halides is 4. The van der Waals surface area contributed by atoms with E-state index >= 15 is 0 Å². The molecule has 112 valence electrons. The fourth-order valence-corrected chi connectivity index (χ4v) is 2.42. The first-order chi connectivity index (χ1) is 9.91. The molecule has 0 saturated heterocycles. The average Bonchev–Trinajstić information content (AvgIpc) is 2.46. The number of pyridine rings is 1. The minimum absolute atomic E-state index is 0.170. The number of hydrogen-bond donors (Lipinski definition) is 0. The zero-order valence-electron chi connectivity index (χ0n) is 11.4. The quantitative estimate of drug-likeness (QED) is 0.740. The minimum atomic E-state index is -4.37. The summed E-state index contributed by atoms with van der Waals surface area (Å²) in [4.78, 5) is 5.49. The maximum absolute atomic E-state index is 13.2. The van der Waals surface area contributed by atoms with Gasteiger partial charge in [-0.25, -0.2) is 0 Å². The van der Waals surface area contributed by atoms with Gasteiger partial charge in [-0.3, -0.25) is 4.98 Å². The summed E-state index contributed by atoms with van der Waals surface area (Å²) >= 11 is 3.19. The van der Waals surface area contributed by atoms with E-state index in [0.717, 1.165) is 5.56 Å². The molecule has 0 radical (unpaired) electrons. The molecule has 1 aromatic heterocycles. The van der Waals surface area contributed by atoms with Gasteiger partial charge in [-0.15, -0.1) is 0 Å². The lowest BCUT2D eigenvalue weighted by Gasteiger charge is -2.24. The second kappa shape index (κ2) is 6.47. The molecule has 0 N–H and O–H groups in total. The van der Waals surface area contributed by atoms with Gasteiger partial charge in [0.15, 0.2) is 0 Å². The summed E-state index contributed by atoms with van der Waals surface area (Å²) in [5.74, 6) is 0. The molecular weight excluding hydrogens is 345 g/mol. The molecule has 0 unspecified atom stereocenters. The maximum Gasteiger partial charge on any atom is 0.418 e. The van der Waals surface area contributed by atoms with Gasteiger partial charge in [0.05, 0.1) is 5.56 Å². The third kappa shape index (κ3) is 3.97. The zero-order chi connectivity index (χ0) is 15.5. The van der Waals surface area contributed by atoms with Crippen molar-refractivity contribution in [3.63, 3.8) is 0 Å². The van der Waals surface area contributed by atoms with Crippen molar-refractivity contribution in [2.45, 2.75) is 18.1 Å². The van der Waals surface area contributed by atoms with Crippen molar-refractivity contribution >= 4 is 21.6 Å². The van der Waals surface area contributed by atoms with E-state index in [4.69, 9.17) is 0 Å². The molecule has 2 aromatic rings. The second-order valence-electron chi connectivity index (χ2n) is 4.69. The first-order valence-corrected chi connectivity index (χ1v) is 7.40. The summed E-state index contributed by atoms with van der Waals surface area (Å²) in [6, 6.07) is 7.98. The van der Waals surface area contributed by atoms with E-state index in [1.165, 1.54) is 12.1 Å². The van der Waals surface area contributed by atoms with Crippen LogP contribution in [0.3, 0.4) is 0 Å². The van der Waals surface area contributed by atoms with Crippen LogP contribution in [-0.4, -0.2) is 12.0 Å². The molecule has 0 aliphatic carbocycles. The molecule has 0 atom stereocenters. The minimum Gasteiger partial charge on any atom is -0.370 e. The van der Waals surface area contributed by atoms with Crippen LogP contribution in [0, 0.1) is 0 Å². The highest BCUT2D eigenvalue weighted by Gasteiger charge is 2.34. The van der Waals surface area contributed by atoms with Crippen LogP contribution in [0.15, 0.2) is 42.7 Å². The van der Waals surface area contributed by atoms with Crippen LogP contribution in [-0.2, 0) is 18.1 Å². The lowest BCUT2D eigenvalue weighted by atomic mass is 10.1. The lowest BCUT2D eigenvalue weighted by Crippen LogP contribution is -2.21. The summed E-state index contributed by atoms with van der Waals surface area (Å²) in [5.41, 5.74) is 1.06. The topological polar surface area (TPSA) is 16.1 Å². The van der Waals surface area contributed by atoms with Crippen molar-refractivity contribution < 1.29 is 13.2 Å². The monoisotopic (exact) mass is 358 g/mol. The Morgan fingerprint density at radius 1 is 1.10 bits per heavy atom. The molecule has 0 fully saturated rings. The number of halogens is 4. The summed E-state index contributed by atoms with van der Waals surface area (Å²) in [6.07, 6.45) is -1.12. The van der Waals surface area contributed by atoms with Crippen molar-refractivity contribution in [1.29, 1.82) is 0 Å². The molecular formula is C15H14BrF3N2. The normalized spacial score (nSPS) is 11.5. The van der Waals surface area contributed by atoms with Crippen molar-refractivity contribution in [2.24, 2.45) is 0 Å². The average molecular weight is 359 g/mol. The van der Waals surface area contributed by atoms with Gasteiger partial charge in [0.25, 0.3) is 0 Å². The number of rotatable bonds is 4. The molecule has 0 aliphatic heterocycles. The van der Waals surface area contributed by atoms with Gasteiger partial charge in [0.2, 0.25) is 0 Å². The number of anilines is 1. The van der Waals surface area contributed by atoms with Crippen LogP contribution >= 0.6 is 15.9 Å². The van der Waals surface area contributed by atoms with Crippen LogP contribution in [0.1, 0.15) is 16.7 Å². The Kier molecular flexibility index (Phi) is 4.88. The molecule has 1 aromatic carbocycles. The number of aromatic nitrogens is 1. The number of benzene rings is 1. The predicted octanol–water partition coefficient (Wildman–Crippen LogP) is 4.63. The maximum atomic E-state index is 13.2. The van der Waals surface area contributed by atoms with Crippen LogP contribution in [0.4, 0.5) is 18.9 Å². The van der Waals surface area contributed by atoms with Gasteiger partial charge in [0.1, 0.15) is 0 Å². The van der Waals surface area contributed by atoms with Crippen molar-refractivity contribution in [3.8, 4) is 0 Å². The molecule has 1 heterocycles. The summed E-state index contributed by atoms with van der Waals surface area (Å²) in [5, 5.41) is 0.393. The van der Waals surface area contributed by atoms with Crippen LogP contribution in [0.25, 0.3) is 0 Å². The third-order valence-corrected chi connectivity index (χ3v) is 3.75. The molecule has 0 spiro atoms. The second-order valence-corrected chi connectivity index (χ2v) is 5.26. The van der Waals surface area contributed by atoms with E-state index in [9.17, 15) is 13.2 Å². The van der Waals surface area contributed by atoms with Crippen molar-refractivity contribution in [1.82, 2.24) is 4.98 Å². The Bertz CT molecular complexity index is 600.